The summed E-state index contributed by atoms with van der Waals surface area (Å²) >= 11 is 0. The first-order valence-electron chi connectivity index (χ1n) is 4.78. The summed E-state index contributed by atoms with van der Waals surface area (Å²) in [5, 5.41) is 14.9. The average Bonchev–Trinajstić information content (AvgIpc) is 2.60. The van der Waals surface area contributed by atoms with E-state index >= 15 is 0 Å². The molecule has 1 aromatic heterocycles. The highest BCUT2D eigenvalue weighted by molar-refractivity contribution is 6.00. The average molecular weight is 226 g/mol. The van der Waals surface area contributed by atoms with Crippen LogP contribution >= 0.6 is 0 Å². The number of amides is 1. The van der Waals surface area contributed by atoms with Crippen LogP contribution in [0.2, 0.25) is 0 Å². The van der Waals surface area contributed by atoms with Gasteiger partial charge in [-0.05, 0) is 20.8 Å². The summed E-state index contributed by atoms with van der Waals surface area (Å²) in [6, 6.07) is 1.67. The van der Waals surface area contributed by atoms with Gasteiger partial charge in [-0.15, -0.1) is 0 Å². The van der Waals surface area contributed by atoms with Gasteiger partial charge in [0.15, 0.2) is 5.76 Å². The Morgan fingerprint density at radius 2 is 2.19 bits per heavy atom. The van der Waals surface area contributed by atoms with Gasteiger partial charge in [0.05, 0.1) is 12.2 Å². The molecule has 1 heterocycles. The fourth-order valence-electron chi connectivity index (χ4n) is 0.985. The van der Waals surface area contributed by atoms with Crippen molar-refractivity contribution in [2.75, 3.05) is 0 Å². The number of aliphatic carboxylic acids is 1. The van der Waals surface area contributed by atoms with Gasteiger partial charge in [-0.3, -0.25) is 9.59 Å². The van der Waals surface area contributed by atoms with Crippen molar-refractivity contribution >= 4 is 11.9 Å². The maximum Gasteiger partial charge on any atom is 0.318 e. The lowest BCUT2D eigenvalue weighted by Gasteiger charge is -2.17. The monoisotopic (exact) mass is 226 g/mol. The number of carbonyl (C=O) groups excluding carboxylic acids is 1. The first-order chi connectivity index (χ1) is 7.34. The van der Waals surface area contributed by atoms with Crippen LogP contribution in [0.15, 0.2) is 10.6 Å². The van der Waals surface area contributed by atoms with Gasteiger partial charge in [-0.1, -0.05) is 5.16 Å². The quantitative estimate of drug-likeness (QED) is 0.737. The fraction of sp³-hybridized carbons (Fsp3) is 0.500. The summed E-state index contributed by atoms with van der Waals surface area (Å²) in [7, 11) is 0. The maximum atomic E-state index is 11.5. The van der Waals surface area contributed by atoms with Crippen molar-refractivity contribution in [3.05, 3.63) is 17.5 Å². The standard InChI is InChI=1S/C10H14N2O4/c1-6-4-7(16-12-6)5-11-8(13)10(2,3)9(14)15/h4H,5H2,1-3H3,(H,11,13)(H,14,15). The van der Waals surface area contributed by atoms with E-state index in [1.54, 1.807) is 13.0 Å². The first kappa shape index (κ1) is 12.2. The minimum Gasteiger partial charge on any atom is -0.480 e. The van der Waals surface area contributed by atoms with Gasteiger partial charge < -0.3 is 14.9 Å². The van der Waals surface area contributed by atoms with Crippen molar-refractivity contribution in [1.29, 1.82) is 0 Å². The molecule has 0 atom stereocenters. The van der Waals surface area contributed by atoms with E-state index in [1.165, 1.54) is 13.8 Å². The second kappa shape index (κ2) is 4.34. The number of nitrogens with one attached hydrogen (secondary N) is 1. The minimum absolute atomic E-state index is 0.135. The Bertz CT molecular complexity index is 409. The van der Waals surface area contributed by atoms with Crippen molar-refractivity contribution in [1.82, 2.24) is 10.5 Å². The van der Waals surface area contributed by atoms with Crippen LogP contribution in [0.4, 0.5) is 0 Å². The summed E-state index contributed by atoms with van der Waals surface area (Å²) in [5.41, 5.74) is -0.739. The highest BCUT2D eigenvalue weighted by Gasteiger charge is 2.35. The van der Waals surface area contributed by atoms with Crippen LogP contribution in [0.3, 0.4) is 0 Å². The molecule has 0 spiro atoms. The Labute approximate surface area is 92.6 Å². The molecule has 0 saturated heterocycles. The van der Waals surface area contributed by atoms with E-state index in [4.69, 9.17) is 9.63 Å². The molecule has 1 aromatic rings. The second-order valence-electron chi connectivity index (χ2n) is 4.05. The second-order valence-corrected chi connectivity index (χ2v) is 4.05. The molecule has 6 heteroatoms. The molecular weight excluding hydrogens is 212 g/mol. The number of nitrogens with zero attached hydrogens (tertiary/aromatic N) is 1. The van der Waals surface area contributed by atoms with Gasteiger partial charge in [0.1, 0.15) is 5.41 Å². The van der Waals surface area contributed by atoms with E-state index in [2.05, 4.69) is 10.5 Å². The molecule has 0 aliphatic heterocycles. The maximum absolute atomic E-state index is 11.5. The molecule has 1 amide bonds. The summed E-state index contributed by atoms with van der Waals surface area (Å²) < 4.78 is 4.88. The number of aryl methyl sites for hydroxylation is 1. The number of hydrogen-bond donors (Lipinski definition) is 2. The van der Waals surface area contributed by atoms with E-state index in [0.717, 1.165) is 0 Å². The smallest absolute Gasteiger partial charge is 0.318 e. The summed E-state index contributed by atoms with van der Waals surface area (Å²) in [4.78, 5) is 22.3. The molecule has 0 aliphatic rings. The van der Waals surface area contributed by atoms with Crippen molar-refractivity contribution in [3.63, 3.8) is 0 Å². The molecule has 2 N–H and O–H groups in total. The molecule has 88 valence electrons. The molecular formula is C10H14N2O4. The van der Waals surface area contributed by atoms with Crippen molar-refractivity contribution < 1.29 is 19.2 Å². The third-order valence-electron chi connectivity index (χ3n) is 2.20. The third kappa shape index (κ3) is 2.59. The van der Waals surface area contributed by atoms with Crippen molar-refractivity contribution in [2.45, 2.75) is 27.3 Å². The number of carboxylic acids is 1. The van der Waals surface area contributed by atoms with Gasteiger partial charge in [0, 0.05) is 6.07 Å². The Balaban J connectivity index is 2.56. The lowest BCUT2D eigenvalue weighted by atomic mass is 9.93. The molecule has 0 radical (unpaired) electrons. The molecule has 16 heavy (non-hydrogen) atoms. The van der Waals surface area contributed by atoms with E-state index in [-0.39, 0.29) is 6.54 Å². The van der Waals surface area contributed by atoms with E-state index in [0.29, 0.717) is 11.5 Å². The van der Waals surface area contributed by atoms with Crippen LogP contribution in [0.5, 0.6) is 0 Å². The highest BCUT2D eigenvalue weighted by Crippen LogP contribution is 2.15. The van der Waals surface area contributed by atoms with Gasteiger partial charge in [0.25, 0.3) is 0 Å². The van der Waals surface area contributed by atoms with Crippen LogP contribution in [0.1, 0.15) is 25.3 Å². The Hall–Kier alpha value is -1.85. The number of carbonyl (C=O) groups is 2. The van der Waals surface area contributed by atoms with Crippen LogP contribution < -0.4 is 5.32 Å². The Morgan fingerprint density at radius 3 is 2.62 bits per heavy atom. The van der Waals surface area contributed by atoms with Crippen molar-refractivity contribution in [2.24, 2.45) is 5.41 Å². The number of aromatic nitrogens is 1. The minimum atomic E-state index is -1.45. The lowest BCUT2D eigenvalue weighted by Crippen LogP contribution is -2.41. The van der Waals surface area contributed by atoms with E-state index in [1.807, 2.05) is 0 Å². The highest BCUT2D eigenvalue weighted by atomic mass is 16.5. The molecule has 0 bridgehead atoms. The van der Waals surface area contributed by atoms with Crippen LogP contribution in [0.25, 0.3) is 0 Å². The zero-order chi connectivity index (χ0) is 12.3. The molecule has 0 aromatic carbocycles. The fourth-order valence-corrected chi connectivity index (χ4v) is 0.985. The summed E-state index contributed by atoms with van der Waals surface area (Å²) in [6.45, 7) is 4.58. The molecule has 0 aliphatic carbocycles. The number of hydrogen-bond acceptors (Lipinski definition) is 4. The summed E-state index contributed by atoms with van der Waals surface area (Å²) in [5.74, 6) is -1.24. The zero-order valence-electron chi connectivity index (χ0n) is 9.40. The number of carboxylic acid groups (broad SMARTS) is 1. The van der Waals surface area contributed by atoms with E-state index < -0.39 is 17.3 Å². The lowest BCUT2D eigenvalue weighted by molar-refractivity contribution is -0.153. The first-order valence-corrected chi connectivity index (χ1v) is 4.78. The van der Waals surface area contributed by atoms with Crippen molar-refractivity contribution in [3.8, 4) is 0 Å². The molecule has 6 nitrogen and oxygen atoms in total. The van der Waals surface area contributed by atoms with Gasteiger partial charge in [-0.2, -0.15) is 0 Å². The third-order valence-corrected chi connectivity index (χ3v) is 2.20. The van der Waals surface area contributed by atoms with E-state index in [9.17, 15) is 9.59 Å². The Morgan fingerprint density at radius 1 is 1.56 bits per heavy atom. The predicted octanol–water partition coefficient (Wildman–Crippen LogP) is 0.710. The topological polar surface area (TPSA) is 92.4 Å². The normalized spacial score (nSPS) is 11.2. The molecule has 1 rings (SSSR count). The summed E-state index contributed by atoms with van der Waals surface area (Å²) in [6.07, 6.45) is 0. The van der Waals surface area contributed by atoms with Crippen LogP contribution in [-0.4, -0.2) is 22.1 Å². The zero-order valence-corrected chi connectivity index (χ0v) is 9.40. The predicted molar refractivity (Wildman–Crippen MR) is 54.5 cm³/mol. The molecule has 0 fully saturated rings. The van der Waals surface area contributed by atoms with Crippen LogP contribution in [0, 0.1) is 12.3 Å². The SMILES string of the molecule is Cc1cc(CNC(=O)C(C)(C)C(=O)O)on1. The van der Waals surface area contributed by atoms with Gasteiger partial charge in [-0.25, -0.2) is 0 Å². The largest absolute Gasteiger partial charge is 0.480 e. The number of rotatable bonds is 4. The van der Waals surface area contributed by atoms with Gasteiger partial charge >= 0.3 is 5.97 Å². The van der Waals surface area contributed by atoms with Gasteiger partial charge in [0.2, 0.25) is 5.91 Å². The molecule has 0 saturated carbocycles. The molecule has 0 unspecified atom stereocenters. The Kier molecular flexibility index (Phi) is 3.31. The van der Waals surface area contributed by atoms with Crippen LogP contribution in [-0.2, 0) is 16.1 Å².